The second-order valence-corrected chi connectivity index (χ2v) is 9.99. The Labute approximate surface area is 216 Å². The highest BCUT2D eigenvalue weighted by molar-refractivity contribution is 5.73. The van der Waals surface area contributed by atoms with E-state index in [1.807, 2.05) is 114 Å². The third-order valence-electron chi connectivity index (χ3n) is 6.43. The minimum absolute atomic E-state index is 0.102. The highest BCUT2D eigenvalue weighted by Gasteiger charge is 2.25. The van der Waals surface area contributed by atoms with E-state index in [1.165, 1.54) is 0 Å². The maximum absolute atomic E-state index is 12.7. The molecule has 0 aromatic heterocycles. The first-order chi connectivity index (χ1) is 17.2. The zero-order valence-corrected chi connectivity index (χ0v) is 22.4. The van der Waals surface area contributed by atoms with Crippen molar-refractivity contribution in [2.75, 3.05) is 0 Å². The van der Waals surface area contributed by atoms with Crippen LogP contribution >= 0.6 is 0 Å². The van der Waals surface area contributed by atoms with E-state index in [9.17, 15) is 9.59 Å². The van der Waals surface area contributed by atoms with E-state index in [-0.39, 0.29) is 47.7 Å². The average Bonchev–Trinajstić information content (AvgIpc) is 2.88. The number of carbonyl (C=O) groups is 2. The number of hydroxylamine groups is 2. The number of nitrogens with one attached hydrogen (secondary N) is 2. The molecule has 0 aliphatic rings. The van der Waals surface area contributed by atoms with Gasteiger partial charge in [0, 0.05) is 0 Å². The largest absolute Gasteiger partial charge is 0.370 e. The first kappa shape index (κ1) is 29.3. The molecule has 0 saturated carbocycles. The lowest BCUT2D eigenvalue weighted by Crippen LogP contribution is -2.30. The second-order valence-electron chi connectivity index (χ2n) is 9.99. The van der Waals surface area contributed by atoms with E-state index in [2.05, 4.69) is 11.0 Å². The summed E-state index contributed by atoms with van der Waals surface area (Å²) in [6.07, 6.45) is 5.02. The summed E-state index contributed by atoms with van der Waals surface area (Å²) < 4.78 is 0. The summed E-state index contributed by atoms with van der Waals surface area (Å²) in [7, 11) is 0. The molecule has 2 aromatic rings. The van der Waals surface area contributed by atoms with Crippen LogP contribution in [0.3, 0.4) is 0 Å². The van der Waals surface area contributed by atoms with Crippen molar-refractivity contribution in [1.29, 1.82) is 0 Å². The van der Waals surface area contributed by atoms with Crippen LogP contribution in [-0.4, -0.2) is 11.9 Å². The predicted octanol–water partition coefficient (Wildman–Crippen LogP) is 6.49. The fourth-order valence-electron chi connectivity index (χ4n) is 3.83. The predicted molar refractivity (Wildman–Crippen MR) is 143 cm³/mol. The molecule has 0 radical (unpaired) electrons. The molecular formula is C30H42N2O4. The van der Waals surface area contributed by atoms with Gasteiger partial charge in [0.1, 0.15) is 0 Å². The Morgan fingerprint density at radius 1 is 0.639 bits per heavy atom. The van der Waals surface area contributed by atoms with E-state index >= 15 is 0 Å². The van der Waals surface area contributed by atoms with Gasteiger partial charge in [-0.15, -0.1) is 11.0 Å². The minimum Gasteiger partial charge on any atom is -0.370 e. The molecule has 6 heteroatoms. The summed E-state index contributed by atoms with van der Waals surface area (Å²) in [5.74, 6) is -0.895. The Morgan fingerprint density at radius 3 is 1.28 bits per heavy atom. The quantitative estimate of drug-likeness (QED) is 0.231. The van der Waals surface area contributed by atoms with E-state index in [1.54, 1.807) is 0 Å². The molecule has 36 heavy (non-hydrogen) atoms. The molecule has 0 aliphatic carbocycles. The third kappa shape index (κ3) is 9.59. The minimum atomic E-state index is -0.283. The molecule has 196 valence electrons. The zero-order chi connectivity index (χ0) is 26.5. The van der Waals surface area contributed by atoms with Crippen LogP contribution in [0.1, 0.15) is 77.6 Å². The topological polar surface area (TPSA) is 76.7 Å². The molecule has 2 aromatic carbocycles. The number of rotatable bonds is 14. The maximum Gasteiger partial charge on any atom is 0.328 e. The lowest BCUT2D eigenvalue weighted by atomic mass is 9.90. The van der Waals surface area contributed by atoms with Crippen LogP contribution in [0.5, 0.6) is 0 Å². The van der Waals surface area contributed by atoms with Gasteiger partial charge >= 0.3 is 11.9 Å². The third-order valence-corrected chi connectivity index (χ3v) is 6.43. The van der Waals surface area contributed by atoms with Gasteiger partial charge in [-0.2, -0.15) is 0 Å². The van der Waals surface area contributed by atoms with Crippen molar-refractivity contribution in [2.45, 2.75) is 66.5 Å². The Balaban J connectivity index is 1.84. The van der Waals surface area contributed by atoms with E-state index in [0.717, 1.165) is 11.1 Å². The number of benzene rings is 2. The number of hydrogen-bond acceptors (Lipinski definition) is 6. The van der Waals surface area contributed by atoms with Crippen LogP contribution in [0.4, 0.5) is 0 Å². The molecule has 0 heterocycles. The van der Waals surface area contributed by atoms with E-state index in [4.69, 9.17) is 9.68 Å². The van der Waals surface area contributed by atoms with E-state index < -0.39 is 0 Å². The molecule has 0 spiro atoms. The molecule has 4 atom stereocenters. The first-order valence-corrected chi connectivity index (χ1v) is 12.9. The van der Waals surface area contributed by atoms with Gasteiger partial charge in [0.05, 0.1) is 23.9 Å². The van der Waals surface area contributed by atoms with Crippen LogP contribution in [0, 0.1) is 23.7 Å². The molecule has 1 unspecified atom stereocenters. The highest BCUT2D eigenvalue weighted by Crippen LogP contribution is 2.22. The van der Waals surface area contributed by atoms with E-state index in [0.29, 0.717) is 12.8 Å². The van der Waals surface area contributed by atoms with Crippen LogP contribution in [0.2, 0.25) is 0 Å². The monoisotopic (exact) mass is 494 g/mol. The van der Waals surface area contributed by atoms with Gasteiger partial charge in [-0.1, -0.05) is 101 Å². The van der Waals surface area contributed by atoms with Crippen LogP contribution in [0.25, 0.3) is 0 Å². The van der Waals surface area contributed by atoms with Crippen LogP contribution < -0.4 is 11.0 Å². The summed E-state index contributed by atoms with van der Waals surface area (Å²) in [5, 5.41) is 0. The molecule has 0 aliphatic heterocycles. The van der Waals surface area contributed by atoms with Gasteiger partial charge in [0.25, 0.3) is 0 Å². The lowest BCUT2D eigenvalue weighted by molar-refractivity contribution is -0.160. The summed E-state index contributed by atoms with van der Waals surface area (Å²) in [5.41, 5.74) is 7.82. The second kappa shape index (κ2) is 15.2. The van der Waals surface area contributed by atoms with Crippen molar-refractivity contribution < 1.29 is 19.3 Å². The van der Waals surface area contributed by atoms with Gasteiger partial charge in [-0.05, 0) is 49.7 Å². The maximum atomic E-state index is 12.7. The van der Waals surface area contributed by atoms with Gasteiger partial charge in [-0.25, -0.2) is 0 Å². The molecule has 2 N–H and O–H groups in total. The summed E-state index contributed by atoms with van der Waals surface area (Å²) in [6.45, 7) is 11.9. The fraction of sp³-hybridized carbons (Fsp3) is 0.467. The SMILES string of the molecule is CC(NOC(=O)[C@@H](CC=CC[C@H](C(=O)ON[C@@H](C)c1ccccc1)C(C)C)C(C)C)c1ccccc1. The van der Waals surface area contributed by atoms with Gasteiger partial charge < -0.3 is 9.68 Å². The van der Waals surface area contributed by atoms with Crippen molar-refractivity contribution in [3.8, 4) is 0 Å². The van der Waals surface area contributed by atoms with Gasteiger partial charge in [0.15, 0.2) is 0 Å². The molecular weight excluding hydrogens is 452 g/mol. The van der Waals surface area contributed by atoms with Crippen molar-refractivity contribution in [2.24, 2.45) is 23.7 Å². The first-order valence-electron chi connectivity index (χ1n) is 12.9. The van der Waals surface area contributed by atoms with Crippen LogP contribution in [-0.2, 0) is 19.3 Å². The average molecular weight is 495 g/mol. The smallest absolute Gasteiger partial charge is 0.328 e. The number of allylic oxidation sites excluding steroid dienone is 2. The lowest BCUT2D eigenvalue weighted by Gasteiger charge is -2.21. The summed E-state index contributed by atoms with van der Waals surface area (Å²) in [4.78, 5) is 36.3. The summed E-state index contributed by atoms with van der Waals surface area (Å²) >= 11 is 0. The molecule has 6 nitrogen and oxygen atoms in total. The Hall–Kier alpha value is -2.96. The number of carbonyl (C=O) groups excluding carboxylic acids is 2. The Bertz CT molecular complexity index is 866. The fourth-order valence-corrected chi connectivity index (χ4v) is 3.83. The van der Waals surface area contributed by atoms with Crippen molar-refractivity contribution in [3.63, 3.8) is 0 Å². The molecule has 2 rings (SSSR count). The van der Waals surface area contributed by atoms with Gasteiger partial charge in [0.2, 0.25) is 0 Å². The Kier molecular flexibility index (Phi) is 12.4. The number of hydrogen-bond donors (Lipinski definition) is 2. The summed E-state index contributed by atoms with van der Waals surface area (Å²) in [6, 6.07) is 19.5. The standard InChI is InChI=1S/C30H42N2O4/c1-21(2)27(29(33)35-31-23(5)25-15-9-7-10-16-25)19-13-14-20-28(22(3)4)30(34)36-32-24(6)26-17-11-8-12-18-26/h7-18,21-24,27-28,31-32H,19-20H2,1-6H3/t23-,24?,27-,28-/m0/s1. The molecule has 0 saturated heterocycles. The van der Waals surface area contributed by atoms with Crippen molar-refractivity contribution in [1.82, 2.24) is 11.0 Å². The molecule has 0 bridgehead atoms. The zero-order valence-electron chi connectivity index (χ0n) is 22.4. The molecule has 0 fully saturated rings. The van der Waals surface area contributed by atoms with Crippen LogP contribution in [0.15, 0.2) is 72.8 Å². The highest BCUT2D eigenvalue weighted by atomic mass is 16.7. The normalized spacial score (nSPS) is 15.0. The van der Waals surface area contributed by atoms with Crippen molar-refractivity contribution >= 4 is 11.9 Å². The molecule has 0 amide bonds. The van der Waals surface area contributed by atoms with Crippen molar-refractivity contribution in [3.05, 3.63) is 83.9 Å². The Morgan fingerprint density at radius 2 is 0.972 bits per heavy atom. The van der Waals surface area contributed by atoms with Gasteiger partial charge in [-0.3, -0.25) is 9.59 Å².